The first-order chi connectivity index (χ1) is 15.9. The Morgan fingerprint density at radius 1 is 0.970 bits per heavy atom. The van der Waals surface area contributed by atoms with E-state index in [0.29, 0.717) is 34.2 Å². The molecule has 0 aliphatic heterocycles. The Bertz CT molecular complexity index is 1590. The number of oxazole rings is 1. The lowest BCUT2D eigenvalue weighted by Gasteiger charge is -2.10. The Morgan fingerprint density at radius 2 is 1.73 bits per heavy atom. The van der Waals surface area contributed by atoms with E-state index in [1.54, 1.807) is 36.4 Å². The van der Waals surface area contributed by atoms with E-state index in [0.717, 1.165) is 0 Å². The van der Waals surface area contributed by atoms with Crippen LogP contribution in [0.3, 0.4) is 0 Å². The van der Waals surface area contributed by atoms with Gasteiger partial charge in [-0.15, -0.1) is 10.2 Å². The summed E-state index contributed by atoms with van der Waals surface area (Å²) in [6.07, 6.45) is 3.72. The second-order valence-electron chi connectivity index (χ2n) is 7.11. The second kappa shape index (κ2) is 7.95. The molecular weight excluding hydrogens is 446 g/mol. The number of benzene rings is 2. The Kier molecular flexibility index (Phi) is 4.94. The molecule has 5 rings (SSSR count). The number of rotatable bonds is 6. The summed E-state index contributed by atoms with van der Waals surface area (Å²) < 4.78 is 41.9. The van der Waals surface area contributed by atoms with Crippen molar-refractivity contribution in [3.8, 4) is 17.4 Å². The van der Waals surface area contributed by atoms with Gasteiger partial charge in [-0.1, -0.05) is 0 Å². The van der Waals surface area contributed by atoms with Gasteiger partial charge in [0.25, 0.3) is 10.0 Å². The number of nitrogens with one attached hydrogen (secondary N) is 1. The molecule has 0 bridgehead atoms. The summed E-state index contributed by atoms with van der Waals surface area (Å²) in [5, 5.41) is 8.16. The highest BCUT2D eigenvalue weighted by Crippen LogP contribution is 2.24. The van der Waals surface area contributed by atoms with Gasteiger partial charge in [-0.05, 0) is 60.7 Å². The van der Waals surface area contributed by atoms with Gasteiger partial charge in [0.15, 0.2) is 11.4 Å². The number of hydrogen-bond donors (Lipinski definition) is 1. The third kappa shape index (κ3) is 4.08. The number of nitrogens with zero attached hydrogens (tertiary/aromatic N) is 4. The maximum Gasteiger partial charge on any atom is 0.419 e. The van der Waals surface area contributed by atoms with Gasteiger partial charge in [-0.2, -0.15) is 0 Å². The number of aromatic nitrogens is 4. The Hall–Kier alpha value is -4.38. The lowest BCUT2D eigenvalue weighted by atomic mass is 10.3. The standard InChI is InChI=1S/C22H17N5O5S/c1-26-18-14-17(8-9-19(18)32-22(26)28)33(29,30)25-15-4-6-16(7-5-15)31-21-11-10-20(23-24-21)27-12-2-3-13-27/h2-14,25H,1H3. The van der Waals surface area contributed by atoms with E-state index in [9.17, 15) is 13.2 Å². The molecular formula is C22H17N5O5S. The van der Waals surface area contributed by atoms with Gasteiger partial charge in [-0.3, -0.25) is 9.29 Å². The number of ether oxygens (including phenoxy) is 1. The summed E-state index contributed by atoms with van der Waals surface area (Å²) in [5.74, 6) is 0.868. The molecule has 2 aromatic carbocycles. The molecule has 0 saturated heterocycles. The van der Waals surface area contributed by atoms with Gasteiger partial charge in [0.2, 0.25) is 5.88 Å². The molecule has 166 valence electrons. The third-order valence-electron chi connectivity index (χ3n) is 4.90. The van der Waals surface area contributed by atoms with Crippen molar-refractivity contribution in [1.82, 2.24) is 19.3 Å². The van der Waals surface area contributed by atoms with Crippen molar-refractivity contribution in [2.45, 2.75) is 4.90 Å². The summed E-state index contributed by atoms with van der Waals surface area (Å²) in [6, 6.07) is 17.8. The summed E-state index contributed by atoms with van der Waals surface area (Å²) in [4.78, 5) is 11.6. The van der Waals surface area contributed by atoms with Gasteiger partial charge >= 0.3 is 5.76 Å². The van der Waals surface area contributed by atoms with E-state index in [1.807, 2.05) is 29.1 Å². The minimum absolute atomic E-state index is 0.00443. The molecule has 5 aromatic rings. The quantitative estimate of drug-likeness (QED) is 0.410. The van der Waals surface area contributed by atoms with E-state index in [4.69, 9.17) is 9.15 Å². The molecule has 3 heterocycles. The molecule has 0 spiro atoms. The average molecular weight is 463 g/mol. The zero-order valence-electron chi connectivity index (χ0n) is 17.2. The predicted molar refractivity (Wildman–Crippen MR) is 120 cm³/mol. The molecule has 3 aromatic heterocycles. The minimum Gasteiger partial charge on any atom is -0.438 e. The highest BCUT2D eigenvalue weighted by atomic mass is 32.2. The molecule has 0 amide bonds. The van der Waals surface area contributed by atoms with Crippen LogP contribution in [0.5, 0.6) is 11.6 Å². The second-order valence-corrected chi connectivity index (χ2v) is 8.79. The molecule has 1 N–H and O–H groups in total. The number of hydrogen-bond acceptors (Lipinski definition) is 7. The van der Waals surface area contributed by atoms with Gasteiger partial charge in [-0.25, -0.2) is 13.2 Å². The Morgan fingerprint density at radius 3 is 2.42 bits per heavy atom. The van der Waals surface area contributed by atoms with Crippen molar-refractivity contribution in [2.75, 3.05) is 4.72 Å². The first-order valence-electron chi connectivity index (χ1n) is 9.76. The summed E-state index contributed by atoms with van der Waals surface area (Å²) >= 11 is 0. The zero-order chi connectivity index (χ0) is 23.0. The van der Waals surface area contributed by atoms with Crippen LogP contribution in [0.25, 0.3) is 16.9 Å². The van der Waals surface area contributed by atoms with Crippen LogP contribution in [0, 0.1) is 0 Å². The summed E-state index contributed by atoms with van der Waals surface area (Å²) in [5.41, 5.74) is 1.04. The number of sulfonamides is 1. The molecule has 0 atom stereocenters. The van der Waals surface area contributed by atoms with Gasteiger partial charge in [0.1, 0.15) is 5.75 Å². The molecule has 0 aliphatic rings. The molecule has 11 heteroatoms. The van der Waals surface area contributed by atoms with Crippen molar-refractivity contribution < 1.29 is 17.6 Å². The fourth-order valence-electron chi connectivity index (χ4n) is 3.19. The lowest BCUT2D eigenvalue weighted by Crippen LogP contribution is -2.13. The van der Waals surface area contributed by atoms with Gasteiger partial charge in [0.05, 0.1) is 10.4 Å². The Balaban J connectivity index is 1.30. The van der Waals surface area contributed by atoms with Gasteiger partial charge in [0, 0.05) is 31.2 Å². The summed E-state index contributed by atoms with van der Waals surface area (Å²) in [7, 11) is -2.37. The Labute approximate surface area is 187 Å². The molecule has 0 fully saturated rings. The van der Waals surface area contributed by atoms with Crippen LogP contribution in [0.4, 0.5) is 5.69 Å². The number of anilines is 1. The van der Waals surface area contributed by atoms with Crippen molar-refractivity contribution in [3.05, 3.63) is 89.7 Å². The van der Waals surface area contributed by atoms with Crippen molar-refractivity contribution in [3.63, 3.8) is 0 Å². The monoisotopic (exact) mass is 463 g/mol. The maximum absolute atomic E-state index is 12.8. The predicted octanol–water partition coefficient (Wildman–Crippen LogP) is 3.31. The van der Waals surface area contributed by atoms with Crippen molar-refractivity contribution in [1.29, 1.82) is 0 Å². The zero-order valence-corrected chi connectivity index (χ0v) is 18.1. The molecule has 10 nitrogen and oxygen atoms in total. The van der Waals surface area contributed by atoms with Crippen LogP contribution < -0.4 is 15.2 Å². The third-order valence-corrected chi connectivity index (χ3v) is 6.28. The molecule has 33 heavy (non-hydrogen) atoms. The van der Waals surface area contributed by atoms with Crippen molar-refractivity contribution in [2.24, 2.45) is 7.05 Å². The SMILES string of the molecule is Cn1c(=O)oc2ccc(S(=O)(=O)Nc3ccc(Oc4ccc(-n5cccc5)nn4)cc3)cc21. The van der Waals surface area contributed by atoms with Gasteiger partial charge < -0.3 is 13.7 Å². The highest BCUT2D eigenvalue weighted by molar-refractivity contribution is 7.92. The van der Waals surface area contributed by atoms with E-state index >= 15 is 0 Å². The normalized spacial score (nSPS) is 11.5. The largest absolute Gasteiger partial charge is 0.438 e. The van der Waals surface area contributed by atoms with E-state index in [-0.39, 0.29) is 4.90 Å². The minimum atomic E-state index is -3.88. The lowest BCUT2D eigenvalue weighted by molar-refractivity contribution is 0.454. The average Bonchev–Trinajstić information content (AvgIpc) is 3.44. The fraction of sp³-hybridized carbons (Fsp3) is 0.0455. The molecule has 0 aliphatic carbocycles. The maximum atomic E-state index is 12.8. The number of aryl methyl sites for hydroxylation is 1. The topological polar surface area (TPSA) is 121 Å². The van der Waals surface area contributed by atoms with Crippen LogP contribution in [0.15, 0.2) is 93.2 Å². The van der Waals surface area contributed by atoms with Crippen LogP contribution >= 0.6 is 0 Å². The highest BCUT2D eigenvalue weighted by Gasteiger charge is 2.17. The van der Waals surface area contributed by atoms with Crippen LogP contribution in [-0.4, -0.2) is 27.7 Å². The van der Waals surface area contributed by atoms with E-state index < -0.39 is 15.8 Å². The van der Waals surface area contributed by atoms with E-state index in [2.05, 4.69) is 14.9 Å². The smallest absolute Gasteiger partial charge is 0.419 e. The molecule has 0 saturated carbocycles. The summed E-state index contributed by atoms with van der Waals surface area (Å²) in [6.45, 7) is 0. The molecule has 0 unspecified atom stereocenters. The van der Waals surface area contributed by atoms with Crippen LogP contribution in [0.1, 0.15) is 0 Å². The van der Waals surface area contributed by atoms with Crippen LogP contribution in [-0.2, 0) is 17.1 Å². The molecule has 0 radical (unpaired) electrons. The number of fused-ring (bicyclic) bond motifs is 1. The van der Waals surface area contributed by atoms with Crippen LogP contribution in [0.2, 0.25) is 0 Å². The first kappa shape index (κ1) is 20.5. The fourth-order valence-corrected chi connectivity index (χ4v) is 4.27. The first-order valence-corrected chi connectivity index (χ1v) is 11.2. The van der Waals surface area contributed by atoms with Crippen molar-refractivity contribution >= 4 is 26.8 Å². The van der Waals surface area contributed by atoms with E-state index in [1.165, 1.54) is 29.8 Å².